The number of ether oxygens (including phenoxy) is 6. The monoisotopic (exact) mass is 1110 g/mol. The Morgan fingerprint density at radius 1 is 0.873 bits per heavy atom. The Bertz CT molecular complexity index is 2860. The molecule has 7 aliphatic rings. The number of ketones is 2. The van der Waals surface area contributed by atoms with E-state index in [9.17, 15) is 32.7 Å². The zero-order valence-electron chi connectivity index (χ0n) is 47.8. The molecule has 16 nitrogen and oxygen atoms in total. The smallest absolute Gasteiger partial charge is 0.338 e. The number of benzene rings is 2. The number of Topliss-reactive ketones (excluding diaryl/α,β-unsaturated/α-hetero) is 2. The van der Waals surface area contributed by atoms with Gasteiger partial charge in [-0.25, -0.2) is 4.79 Å². The summed E-state index contributed by atoms with van der Waals surface area (Å²) in [6, 6.07) is 9.11. The molecule has 0 bridgehead atoms. The number of carbonyl (C=O) groups excluding carboxylic acids is 4. The van der Waals surface area contributed by atoms with Gasteiger partial charge in [0.05, 0.1) is 50.9 Å². The molecule has 16 atom stereocenters. The summed E-state index contributed by atoms with van der Waals surface area (Å²) in [5.74, 6) is 3.25. The van der Waals surface area contributed by atoms with Crippen molar-refractivity contribution in [1.29, 1.82) is 0 Å². The van der Waals surface area contributed by atoms with E-state index in [0.29, 0.717) is 89.2 Å². The third-order valence-corrected chi connectivity index (χ3v) is 22.6. The van der Waals surface area contributed by atoms with Crippen LogP contribution >= 0.6 is 0 Å². The van der Waals surface area contributed by atoms with Crippen molar-refractivity contribution in [1.82, 2.24) is 9.88 Å². The van der Waals surface area contributed by atoms with E-state index in [-0.39, 0.29) is 77.3 Å². The molecule has 3 heterocycles. The fourth-order valence-electron chi connectivity index (χ4n) is 18.0. The first-order chi connectivity index (χ1) is 37.7. The van der Waals surface area contributed by atoms with Gasteiger partial charge in [-0.05, 0) is 189 Å². The van der Waals surface area contributed by atoms with Gasteiger partial charge in [-0.1, -0.05) is 27.7 Å². The van der Waals surface area contributed by atoms with E-state index in [1.807, 2.05) is 18.2 Å². The highest BCUT2D eigenvalue weighted by molar-refractivity contribution is 7.85. The first-order valence-corrected chi connectivity index (χ1v) is 31.1. The molecular formula is C62H86N2O14S. The van der Waals surface area contributed by atoms with Crippen LogP contribution in [0.15, 0.2) is 30.3 Å². The summed E-state index contributed by atoms with van der Waals surface area (Å²) in [6.45, 7) is 11.1. The number of carbonyl (C=O) groups is 4. The Balaban J connectivity index is 0.715. The number of methoxy groups -OCH3 is 4. The number of H-pyrrole nitrogens is 1. The molecule has 5 aliphatic carbocycles. The molecule has 5 saturated carbocycles. The highest BCUT2D eigenvalue weighted by Gasteiger charge is 2.63. The summed E-state index contributed by atoms with van der Waals surface area (Å²) in [5.41, 5.74) is 3.90. The molecule has 1 unspecified atom stereocenters. The van der Waals surface area contributed by atoms with E-state index in [1.54, 1.807) is 19.2 Å². The molecule has 2 aromatic carbocycles. The molecule has 6 fully saturated rings. The number of piperidine rings is 1. The summed E-state index contributed by atoms with van der Waals surface area (Å²) < 4.78 is 66.0. The van der Waals surface area contributed by atoms with Crippen LogP contribution in [-0.4, -0.2) is 117 Å². The van der Waals surface area contributed by atoms with Gasteiger partial charge in [-0.15, -0.1) is 0 Å². The van der Waals surface area contributed by atoms with E-state index < -0.39 is 34.3 Å². The van der Waals surface area contributed by atoms with Gasteiger partial charge in [-0.2, -0.15) is 8.42 Å². The predicted octanol–water partition coefficient (Wildman–Crippen LogP) is 10.2. The molecule has 434 valence electrons. The predicted molar refractivity (Wildman–Crippen MR) is 297 cm³/mol. The number of hydrogen-bond donors (Lipinski definition) is 3. The Labute approximate surface area is 466 Å². The minimum atomic E-state index is -4.07. The summed E-state index contributed by atoms with van der Waals surface area (Å²) in [7, 11) is 2.17. The molecule has 3 aromatic rings. The van der Waals surface area contributed by atoms with Gasteiger partial charge in [0.2, 0.25) is 5.75 Å². The third kappa shape index (κ3) is 11.3. The molecule has 1 saturated heterocycles. The number of hydrogen-bond acceptors (Lipinski definition) is 14. The molecule has 1 aromatic heterocycles. The van der Waals surface area contributed by atoms with Gasteiger partial charge in [-0.3, -0.25) is 23.8 Å². The van der Waals surface area contributed by atoms with E-state index >= 15 is 0 Å². The number of aliphatic hydroxyl groups excluding tert-OH is 1. The lowest BCUT2D eigenvalue weighted by Gasteiger charge is -2.62. The molecule has 17 heteroatoms. The molecular weight excluding hydrogens is 1030 g/mol. The van der Waals surface area contributed by atoms with Crippen molar-refractivity contribution in [2.24, 2.45) is 70.0 Å². The molecule has 0 radical (unpaired) electrons. The van der Waals surface area contributed by atoms with Crippen molar-refractivity contribution in [3.8, 4) is 23.0 Å². The van der Waals surface area contributed by atoms with Crippen molar-refractivity contribution in [2.75, 3.05) is 47.3 Å². The van der Waals surface area contributed by atoms with Crippen LogP contribution in [-0.2, 0) is 40.4 Å². The van der Waals surface area contributed by atoms with E-state index in [4.69, 9.17) is 33.0 Å². The van der Waals surface area contributed by atoms with Gasteiger partial charge < -0.3 is 38.5 Å². The topological polar surface area (TPSA) is 217 Å². The number of nitrogens with one attached hydrogen (secondary N) is 1. The maximum atomic E-state index is 13.7. The van der Waals surface area contributed by atoms with Gasteiger partial charge in [0, 0.05) is 56.1 Å². The van der Waals surface area contributed by atoms with Crippen LogP contribution in [0, 0.1) is 70.0 Å². The quantitative estimate of drug-likeness (QED) is 0.0440. The third-order valence-electron chi connectivity index (χ3n) is 21.8. The number of rotatable bonds is 19. The van der Waals surface area contributed by atoms with E-state index in [0.717, 1.165) is 94.6 Å². The standard InChI is InChI=1S/C62H86N2O14S/c1-34(11-12-40(65)10-9-23-79(70,71)72)46-14-15-47-56-48(18-21-62(46,47)4)61(3)20-17-36(24-39(61)29-51(56)67)25-41(66)30-55(68)77-42-13-16-49-45(31-42)43-19-22-64-33-38-28-54(58(75-7)35(2)44(38)32-50(64)57(43)63-49)78-60(69)37-26-52(73-5)59(76-8)53(27-37)74-6/h13,16,26-27,31,34-36,38-39,44,46-48,50-51,54,56,58,63,67H,9-12,14-15,17-25,28-30,32-33H2,1-8H3,(H,70,71,72)/t34-,35-,36+,38+,39?,44+,46+,47-,48-,50+,51-,54+,56-,58+,61-,62+/m0/s1. The van der Waals surface area contributed by atoms with E-state index in [1.165, 1.54) is 32.6 Å². The minimum Gasteiger partial charge on any atom is -0.493 e. The maximum Gasteiger partial charge on any atom is 0.338 e. The second kappa shape index (κ2) is 23.0. The molecule has 0 spiro atoms. The zero-order valence-corrected chi connectivity index (χ0v) is 48.6. The molecule has 79 heavy (non-hydrogen) atoms. The summed E-state index contributed by atoms with van der Waals surface area (Å²) >= 11 is 0. The van der Waals surface area contributed by atoms with Gasteiger partial charge in [0.15, 0.2) is 11.5 Å². The van der Waals surface area contributed by atoms with Crippen molar-refractivity contribution in [3.05, 3.63) is 47.2 Å². The van der Waals surface area contributed by atoms with Crippen molar-refractivity contribution >= 4 is 44.5 Å². The van der Waals surface area contributed by atoms with Crippen LogP contribution in [0.25, 0.3) is 10.9 Å². The first kappa shape index (κ1) is 57.7. The average Bonchev–Trinajstić information content (AvgIpc) is 4.04. The summed E-state index contributed by atoms with van der Waals surface area (Å²) in [6.07, 6.45) is 10.8. The maximum absolute atomic E-state index is 13.7. The largest absolute Gasteiger partial charge is 0.493 e. The van der Waals surface area contributed by atoms with Crippen LogP contribution < -0.4 is 18.9 Å². The van der Waals surface area contributed by atoms with Gasteiger partial charge >= 0.3 is 11.9 Å². The van der Waals surface area contributed by atoms with Crippen molar-refractivity contribution < 1.29 is 65.7 Å². The van der Waals surface area contributed by atoms with Crippen LogP contribution in [0.4, 0.5) is 0 Å². The second-order valence-corrected chi connectivity index (χ2v) is 27.4. The fourth-order valence-corrected chi connectivity index (χ4v) is 18.5. The Kier molecular flexibility index (Phi) is 16.8. The van der Waals surface area contributed by atoms with Crippen LogP contribution in [0.1, 0.15) is 158 Å². The highest BCUT2D eigenvalue weighted by Crippen LogP contribution is 2.69. The summed E-state index contributed by atoms with van der Waals surface area (Å²) in [5, 5.41) is 13.1. The fraction of sp³-hybridized carbons (Fsp3) is 0.710. The molecule has 0 amide bonds. The first-order valence-electron chi connectivity index (χ1n) is 29.5. The molecule has 2 aliphatic heterocycles. The number of nitrogens with zero attached hydrogens (tertiary/aromatic N) is 1. The van der Waals surface area contributed by atoms with Crippen molar-refractivity contribution in [2.45, 2.75) is 161 Å². The number of aromatic nitrogens is 1. The number of esters is 2. The lowest BCUT2D eigenvalue weighted by molar-refractivity contribution is -0.170. The highest BCUT2D eigenvalue weighted by atomic mass is 32.2. The minimum absolute atomic E-state index is 0.0477. The van der Waals surface area contributed by atoms with Gasteiger partial charge in [0.1, 0.15) is 29.8 Å². The summed E-state index contributed by atoms with van der Waals surface area (Å²) in [4.78, 5) is 59.8. The van der Waals surface area contributed by atoms with Crippen LogP contribution in [0.5, 0.6) is 23.0 Å². The number of aromatic amines is 1. The van der Waals surface area contributed by atoms with Crippen LogP contribution in [0.2, 0.25) is 0 Å². The van der Waals surface area contributed by atoms with Crippen LogP contribution in [0.3, 0.4) is 0 Å². The SMILES string of the molecule is COc1cc(C(=O)O[C@@H]2C[C@@H]3CN4CCc5c([nH]c6ccc(OC(=O)CC(=O)C[C@@H]7CC[C@@]8(C)C(C7)C[C@H](O)[C@H]7[C@@H]9CC[C@H]([C@@H](C)CCC(=O)CCCS(=O)(=O)O)[C@@]9(C)CC[C@@H]78)cc56)[C@H]4C[C@@H]3[C@H](C)[C@H]2OC)cc(OC)c1OC. The number of fused-ring (bicyclic) bond motifs is 11. The Hall–Kier alpha value is -4.55. The van der Waals surface area contributed by atoms with Crippen molar-refractivity contribution in [3.63, 3.8) is 0 Å². The van der Waals surface area contributed by atoms with Gasteiger partial charge in [0.25, 0.3) is 10.1 Å². The zero-order chi connectivity index (χ0) is 56.3. The lowest BCUT2D eigenvalue weighted by atomic mass is 9.43. The lowest BCUT2D eigenvalue weighted by Crippen LogP contribution is -2.58. The normalized spacial score (nSPS) is 34.4. The van der Waals surface area contributed by atoms with E-state index in [2.05, 4.69) is 37.6 Å². The average molecular weight is 1120 g/mol. The second-order valence-electron chi connectivity index (χ2n) is 25.8. The molecule has 3 N–H and O–H groups in total. The number of aliphatic hydroxyl groups is 1. The molecule has 10 rings (SSSR count). The Morgan fingerprint density at radius 3 is 2.32 bits per heavy atom. The Morgan fingerprint density at radius 2 is 1.61 bits per heavy atom.